The van der Waals surface area contributed by atoms with Crippen LogP contribution in [0.1, 0.15) is 12.0 Å². The van der Waals surface area contributed by atoms with Gasteiger partial charge in [0.05, 0.1) is 22.4 Å². The fraction of sp³-hybridized carbons (Fsp3) is 0.318. The number of nitro benzene ring substituents is 1. The molecule has 164 valence electrons. The summed E-state index contributed by atoms with van der Waals surface area (Å²) in [6, 6.07) is 12.2. The highest BCUT2D eigenvalue weighted by Crippen LogP contribution is 2.54. The van der Waals surface area contributed by atoms with Gasteiger partial charge in [-0.05, 0) is 36.6 Å². The van der Waals surface area contributed by atoms with Gasteiger partial charge in [-0.25, -0.2) is 4.90 Å². The SMILES string of the molecule is CSCC[C@@H]1N[C@]2(C(=O)Nc3ccccc32)[C@H]2C(=O)N(c3ccc([N+](=O)[O-])cc3)C(=O)[C@@H]12. The molecule has 0 unspecified atom stereocenters. The fourth-order valence-electron chi connectivity index (χ4n) is 5.23. The van der Waals surface area contributed by atoms with E-state index in [0.29, 0.717) is 17.7 Å². The third-order valence-corrected chi connectivity index (χ3v) is 7.22. The number of rotatable bonds is 5. The average molecular weight is 452 g/mol. The number of nitrogens with zero attached hydrogens (tertiary/aromatic N) is 2. The number of non-ortho nitro benzene ring substituents is 1. The third-order valence-electron chi connectivity index (χ3n) is 6.57. The number of benzene rings is 2. The second-order valence-corrected chi connectivity index (χ2v) is 9.11. The summed E-state index contributed by atoms with van der Waals surface area (Å²) < 4.78 is 0. The lowest BCUT2D eigenvalue weighted by Gasteiger charge is -2.29. The summed E-state index contributed by atoms with van der Waals surface area (Å²) in [6.45, 7) is 0. The molecule has 4 atom stereocenters. The minimum absolute atomic E-state index is 0.131. The normalized spacial score (nSPS) is 28.2. The van der Waals surface area contributed by atoms with Crippen LogP contribution in [0.2, 0.25) is 0 Å². The molecule has 10 heteroatoms. The highest BCUT2D eigenvalue weighted by Gasteiger charge is 2.70. The Morgan fingerprint density at radius 3 is 2.50 bits per heavy atom. The molecular formula is C22H20N4O5S. The quantitative estimate of drug-likeness (QED) is 0.405. The van der Waals surface area contributed by atoms with Crippen molar-refractivity contribution in [1.82, 2.24) is 5.32 Å². The van der Waals surface area contributed by atoms with E-state index in [4.69, 9.17) is 0 Å². The number of carbonyl (C=O) groups excluding carboxylic acids is 3. The predicted molar refractivity (Wildman–Crippen MR) is 119 cm³/mol. The van der Waals surface area contributed by atoms with Gasteiger partial charge in [0.2, 0.25) is 17.7 Å². The first kappa shape index (κ1) is 20.7. The Morgan fingerprint density at radius 2 is 1.81 bits per heavy atom. The molecule has 2 aromatic rings. The fourth-order valence-corrected chi connectivity index (χ4v) is 5.72. The van der Waals surface area contributed by atoms with E-state index in [0.717, 1.165) is 10.7 Å². The number of amides is 3. The van der Waals surface area contributed by atoms with Crippen LogP contribution >= 0.6 is 11.8 Å². The van der Waals surface area contributed by atoms with E-state index >= 15 is 0 Å². The lowest BCUT2D eigenvalue weighted by Crippen LogP contribution is -2.53. The molecule has 3 aliphatic rings. The number of fused-ring (bicyclic) bond motifs is 4. The van der Waals surface area contributed by atoms with Crippen LogP contribution in [-0.2, 0) is 19.9 Å². The standard InChI is InChI=1S/C22H20N4O5S/c1-32-11-10-16-17-18(22(24-16)14-4-2-3-5-15(14)23-21(22)29)20(28)25(19(17)27)12-6-8-13(9-7-12)26(30)31/h2-9,16-18,24H,10-11H2,1H3,(H,23,29)/t16-,17-,18+,22-/m0/s1. The summed E-state index contributed by atoms with van der Waals surface area (Å²) >= 11 is 1.63. The van der Waals surface area contributed by atoms with Gasteiger partial charge in [0.25, 0.3) is 5.69 Å². The molecule has 3 heterocycles. The first-order chi connectivity index (χ1) is 15.4. The van der Waals surface area contributed by atoms with Crippen molar-refractivity contribution in [3.63, 3.8) is 0 Å². The van der Waals surface area contributed by atoms with Crippen molar-refractivity contribution in [3.8, 4) is 0 Å². The molecule has 3 aliphatic heterocycles. The van der Waals surface area contributed by atoms with Crippen molar-refractivity contribution in [2.45, 2.75) is 18.0 Å². The van der Waals surface area contributed by atoms with E-state index in [1.807, 2.05) is 12.3 Å². The van der Waals surface area contributed by atoms with E-state index in [9.17, 15) is 24.5 Å². The Morgan fingerprint density at radius 1 is 1.09 bits per heavy atom. The van der Waals surface area contributed by atoms with Crippen LogP contribution in [0.15, 0.2) is 48.5 Å². The third kappa shape index (κ3) is 2.72. The molecule has 0 bridgehead atoms. The largest absolute Gasteiger partial charge is 0.324 e. The molecule has 1 spiro atoms. The van der Waals surface area contributed by atoms with Crippen molar-refractivity contribution in [2.75, 3.05) is 22.2 Å². The van der Waals surface area contributed by atoms with Crippen LogP contribution < -0.4 is 15.5 Å². The molecule has 2 aromatic carbocycles. The van der Waals surface area contributed by atoms with Gasteiger partial charge in [0.1, 0.15) is 5.54 Å². The van der Waals surface area contributed by atoms with Crippen LogP contribution in [0.5, 0.6) is 0 Å². The Kier molecular flexibility index (Phi) is 4.79. The molecule has 5 rings (SSSR count). The van der Waals surface area contributed by atoms with Crippen LogP contribution in [0.3, 0.4) is 0 Å². The zero-order valence-electron chi connectivity index (χ0n) is 17.1. The molecule has 0 aliphatic carbocycles. The van der Waals surface area contributed by atoms with E-state index in [2.05, 4.69) is 10.6 Å². The van der Waals surface area contributed by atoms with Gasteiger partial charge in [-0.3, -0.25) is 29.8 Å². The molecule has 0 saturated carbocycles. The average Bonchev–Trinajstić information content (AvgIpc) is 3.37. The first-order valence-electron chi connectivity index (χ1n) is 10.2. The maximum Gasteiger partial charge on any atom is 0.269 e. The molecule has 0 aromatic heterocycles. The van der Waals surface area contributed by atoms with Gasteiger partial charge >= 0.3 is 0 Å². The van der Waals surface area contributed by atoms with E-state index in [-0.39, 0.29) is 29.2 Å². The molecular weight excluding hydrogens is 432 g/mol. The maximum atomic E-state index is 13.7. The molecule has 3 amide bonds. The minimum Gasteiger partial charge on any atom is -0.324 e. The van der Waals surface area contributed by atoms with Gasteiger partial charge in [-0.2, -0.15) is 11.8 Å². The number of carbonyl (C=O) groups is 3. The monoisotopic (exact) mass is 452 g/mol. The van der Waals surface area contributed by atoms with Crippen LogP contribution in [0.4, 0.5) is 17.1 Å². The Hall–Kier alpha value is -3.24. The van der Waals surface area contributed by atoms with Crippen molar-refractivity contribution in [3.05, 3.63) is 64.2 Å². The number of hydrogen-bond donors (Lipinski definition) is 2. The van der Waals surface area contributed by atoms with Crippen LogP contribution in [0, 0.1) is 22.0 Å². The lowest BCUT2D eigenvalue weighted by molar-refractivity contribution is -0.384. The van der Waals surface area contributed by atoms with Gasteiger partial charge in [0.15, 0.2) is 0 Å². The maximum absolute atomic E-state index is 13.7. The summed E-state index contributed by atoms with van der Waals surface area (Å²) in [5, 5.41) is 17.2. The number of anilines is 2. The summed E-state index contributed by atoms with van der Waals surface area (Å²) in [5.74, 6) is -2.05. The number of hydrogen-bond acceptors (Lipinski definition) is 7. The number of para-hydroxylation sites is 1. The number of nitrogens with one attached hydrogen (secondary N) is 2. The van der Waals surface area contributed by atoms with E-state index < -0.39 is 28.2 Å². The number of thioether (sulfide) groups is 1. The summed E-state index contributed by atoms with van der Waals surface area (Å²) in [6.07, 6.45) is 2.58. The lowest BCUT2D eigenvalue weighted by atomic mass is 9.76. The molecule has 2 saturated heterocycles. The van der Waals surface area contributed by atoms with Crippen LogP contribution in [0.25, 0.3) is 0 Å². The second-order valence-electron chi connectivity index (χ2n) is 8.13. The van der Waals surface area contributed by atoms with Crippen molar-refractivity contribution < 1.29 is 19.3 Å². The summed E-state index contributed by atoms with van der Waals surface area (Å²) in [5.41, 5.74) is 0.104. The topological polar surface area (TPSA) is 122 Å². The highest BCUT2D eigenvalue weighted by atomic mass is 32.2. The highest BCUT2D eigenvalue weighted by molar-refractivity contribution is 7.98. The molecule has 2 fully saturated rings. The first-order valence-corrected chi connectivity index (χ1v) is 11.6. The van der Waals surface area contributed by atoms with Crippen molar-refractivity contribution in [2.24, 2.45) is 11.8 Å². The Balaban J connectivity index is 1.61. The molecule has 0 radical (unpaired) electrons. The Labute approximate surface area is 187 Å². The Bertz CT molecular complexity index is 1150. The molecule has 9 nitrogen and oxygen atoms in total. The minimum atomic E-state index is -1.33. The smallest absolute Gasteiger partial charge is 0.269 e. The zero-order chi connectivity index (χ0) is 22.6. The second kappa shape index (κ2) is 7.42. The zero-order valence-corrected chi connectivity index (χ0v) is 17.9. The number of nitro groups is 1. The molecule has 2 N–H and O–H groups in total. The van der Waals surface area contributed by atoms with Gasteiger partial charge in [0, 0.05) is 29.4 Å². The van der Waals surface area contributed by atoms with Gasteiger partial charge in [-0.15, -0.1) is 0 Å². The van der Waals surface area contributed by atoms with Gasteiger partial charge in [-0.1, -0.05) is 18.2 Å². The van der Waals surface area contributed by atoms with Crippen LogP contribution in [-0.4, -0.2) is 40.7 Å². The predicted octanol–water partition coefficient (Wildman–Crippen LogP) is 2.27. The molecule has 32 heavy (non-hydrogen) atoms. The van der Waals surface area contributed by atoms with E-state index in [1.54, 1.807) is 30.0 Å². The summed E-state index contributed by atoms with van der Waals surface area (Å²) in [4.78, 5) is 52.1. The van der Waals surface area contributed by atoms with E-state index in [1.165, 1.54) is 24.3 Å². The summed E-state index contributed by atoms with van der Waals surface area (Å²) in [7, 11) is 0. The van der Waals surface area contributed by atoms with Crippen molar-refractivity contribution in [1.29, 1.82) is 0 Å². The van der Waals surface area contributed by atoms with Crippen molar-refractivity contribution >= 4 is 46.5 Å². The number of imide groups is 1. The van der Waals surface area contributed by atoms with Gasteiger partial charge < -0.3 is 5.32 Å².